The van der Waals surface area contributed by atoms with Crippen LogP contribution < -0.4 is 10.9 Å². The molecule has 0 radical (unpaired) electrons. The van der Waals surface area contributed by atoms with Crippen molar-refractivity contribution in [3.05, 3.63) is 103 Å². The first kappa shape index (κ1) is 27.1. The monoisotopic (exact) mass is 609 g/mol. The minimum absolute atomic E-state index is 0.0775. The molecule has 210 valence electrons. The molecule has 2 aromatic carbocycles. The Morgan fingerprint density at radius 1 is 1.00 bits per heavy atom. The molecule has 1 aliphatic heterocycles. The zero-order chi connectivity index (χ0) is 28.6. The fraction of sp³-hybridized carbons (Fsp3) is 0.250. The summed E-state index contributed by atoms with van der Waals surface area (Å²) in [6.45, 7) is 2.53. The van der Waals surface area contributed by atoms with Crippen LogP contribution in [0.5, 0.6) is 0 Å². The van der Waals surface area contributed by atoms with Crippen LogP contribution in [0.1, 0.15) is 38.4 Å². The van der Waals surface area contributed by atoms with Crippen LogP contribution in [0.3, 0.4) is 0 Å². The minimum atomic E-state index is -0.215. The molecular weight excluding hydrogens is 583 g/mol. The van der Waals surface area contributed by atoms with Gasteiger partial charge in [0.05, 0.1) is 22.4 Å². The smallest absolute Gasteiger partial charge is 0.267 e. The summed E-state index contributed by atoms with van der Waals surface area (Å²) in [4.78, 5) is 37.7. The number of carbonyl (C=O) groups excluding carboxylic acids is 1. The summed E-state index contributed by atoms with van der Waals surface area (Å²) in [6, 6.07) is 22.2. The van der Waals surface area contributed by atoms with Gasteiger partial charge in [-0.05, 0) is 54.5 Å². The molecular formula is C32H27N5O2S3. The predicted molar refractivity (Wildman–Crippen MR) is 170 cm³/mol. The Hall–Kier alpha value is -3.75. The fourth-order valence-electron chi connectivity index (χ4n) is 5.86. The lowest BCUT2D eigenvalue weighted by atomic mass is 10.0. The van der Waals surface area contributed by atoms with E-state index in [0.717, 1.165) is 67.0 Å². The number of thiophene rings is 2. The summed E-state index contributed by atoms with van der Waals surface area (Å²) in [5.41, 5.74) is 4.69. The van der Waals surface area contributed by atoms with E-state index >= 15 is 0 Å². The van der Waals surface area contributed by atoms with Crippen molar-refractivity contribution >= 4 is 55.6 Å². The Balaban J connectivity index is 1.18. The van der Waals surface area contributed by atoms with Gasteiger partial charge in [0.2, 0.25) is 5.91 Å². The molecule has 2 aliphatic rings. The Bertz CT molecular complexity index is 1900. The van der Waals surface area contributed by atoms with Crippen molar-refractivity contribution < 1.29 is 4.79 Å². The number of nitriles is 1. The standard InChI is InChI=1S/C32H27N5O2S3/c33-16-24-22-12-7-13-25(22)41-29(24)34-27(38)19-40-32-35-30-28(31(39)37(32)21-10-5-2-6-11-21)23-14-15-36(18-26(23)42-30)17-20-8-3-1-4-9-20/h1-6,8-11H,7,12-15,17-19H2,(H,34,38). The molecule has 7 nitrogen and oxygen atoms in total. The molecule has 1 aliphatic carbocycles. The quantitative estimate of drug-likeness (QED) is 0.176. The maximum Gasteiger partial charge on any atom is 0.267 e. The van der Waals surface area contributed by atoms with Crippen LogP contribution in [-0.4, -0.2) is 32.7 Å². The van der Waals surface area contributed by atoms with Gasteiger partial charge in [-0.1, -0.05) is 60.3 Å². The lowest BCUT2D eigenvalue weighted by molar-refractivity contribution is -0.113. The van der Waals surface area contributed by atoms with Crippen LogP contribution in [0.15, 0.2) is 70.6 Å². The summed E-state index contributed by atoms with van der Waals surface area (Å²) in [5.74, 6) is -0.138. The maximum absolute atomic E-state index is 14.1. The number of nitrogens with zero attached hydrogens (tertiary/aromatic N) is 4. The number of aromatic nitrogens is 2. The number of amides is 1. The predicted octanol–water partition coefficient (Wildman–Crippen LogP) is 6.16. The van der Waals surface area contributed by atoms with Crippen LogP contribution in [-0.2, 0) is 37.1 Å². The number of fused-ring (bicyclic) bond motifs is 4. The van der Waals surface area contributed by atoms with Gasteiger partial charge in [0.1, 0.15) is 15.9 Å². The van der Waals surface area contributed by atoms with E-state index in [0.29, 0.717) is 21.1 Å². The van der Waals surface area contributed by atoms with Gasteiger partial charge in [0.15, 0.2) is 5.16 Å². The molecule has 0 saturated carbocycles. The summed E-state index contributed by atoms with van der Waals surface area (Å²) >= 11 is 4.34. The molecule has 7 rings (SSSR count). The van der Waals surface area contributed by atoms with Crippen molar-refractivity contribution in [1.82, 2.24) is 14.5 Å². The second kappa shape index (κ2) is 11.5. The van der Waals surface area contributed by atoms with Gasteiger partial charge < -0.3 is 5.32 Å². The Kier molecular flexibility index (Phi) is 7.42. The highest BCUT2D eigenvalue weighted by molar-refractivity contribution is 7.99. The van der Waals surface area contributed by atoms with Gasteiger partial charge in [-0.25, -0.2) is 4.98 Å². The number of carbonyl (C=O) groups is 1. The number of anilines is 1. The zero-order valence-corrected chi connectivity index (χ0v) is 25.2. The minimum Gasteiger partial charge on any atom is -0.316 e. The van der Waals surface area contributed by atoms with E-state index < -0.39 is 0 Å². The Morgan fingerprint density at radius 2 is 1.79 bits per heavy atom. The van der Waals surface area contributed by atoms with Crippen LogP contribution >= 0.6 is 34.4 Å². The Labute approximate surface area is 255 Å². The largest absolute Gasteiger partial charge is 0.316 e. The van der Waals surface area contributed by atoms with Crippen LogP contribution in [0.25, 0.3) is 15.9 Å². The number of hydrogen-bond donors (Lipinski definition) is 1. The first-order valence-corrected chi connectivity index (χ1v) is 16.6. The molecule has 1 amide bonds. The second-order valence-corrected chi connectivity index (χ2v) is 13.6. The molecule has 10 heteroatoms. The fourth-order valence-corrected chi connectivity index (χ4v) is 9.23. The number of benzene rings is 2. The Morgan fingerprint density at radius 3 is 2.57 bits per heavy atom. The third kappa shape index (κ3) is 5.07. The second-order valence-electron chi connectivity index (χ2n) is 10.5. The first-order valence-electron chi connectivity index (χ1n) is 14.0. The molecule has 0 saturated heterocycles. The molecule has 0 atom stereocenters. The van der Waals surface area contributed by atoms with Crippen molar-refractivity contribution in [3.63, 3.8) is 0 Å². The number of aryl methyl sites for hydroxylation is 1. The van der Waals surface area contributed by atoms with Gasteiger partial charge in [-0.3, -0.25) is 19.1 Å². The molecule has 0 bridgehead atoms. The lowest BCUT2D eigenvalue weighted by Gasteiger charge is -2.26. The van der Waals surface area contributed by atoms with Gasteiger partial charge >= 0.3 is 0 Å². The van der Waals surface area contributed by atoms with Crippen molar-refractivity contribution in [3.8, 4) is 11.8 Å². The van der Waals surface area contributed by atoms with Crippen LogP contribution in [0.2, 0.25) is 0 Å². The average Bonchev–Trinajstić information content (AvgIpc) is 3.69. The average molecular weight is 610 g/mol. The number of hydrogen-bond acceptors (Lipinski definition) is 8. The molecule has 0 spiro atoms. The van der Waals surface area contributed by atoms with E-state index in [1.165, 1.54) is 38.4 Å². The molecule has 3 aromatic heterocycles. The summed E-state index contributed by atoms with van der Waals surface area (Å²) in [6.07, 6.45) is 3.71. The zero-order valence-electron chi connectivity index (χ0n) is 22.8. The van der Waals surface area contributed by atoms with E-state index in [-0.39, 0.29) is 17.2 Å². The third-order valence-electron chi connectivity index (χ3n) is 7.80. The van der Waals surface area contributed by atoms with Crippen molar-refractivity contribution in [2.24, 2.45) is 0 Å². The van der Waals surface area contributed by atoms with E-state index in [1.54, 1.807) is 15.9 Å². The summed E-state index contributed by atoms with van der Waals surface area (Å²) < 4.78 is 1.64. The lowest BCUT2D eigenvalue weighted by Crippen LogP contribution is -2.30. The molecule has 1 N–H and O–H groups in total. The maximum atomic E-state index is 14.1. The number of thioether (sulfide) groups is 1. The molecule has 5 aromatic rings. The normalized spacial score (nSPS) is 14.5. The highest BCUT2D eigenvalue weighted by Crippen LogP contribution is 2.39. The van der Waals surface area contributed by atoms with Gasteiger partial charge in [0.25, 0.3) is 5.56 Å². The highest BCUT2D eigenvalue weighted by atomic mass is 32.2. The molecule has 0 fully saturated rings. The van der Waals surface area contributed by atoms with Crippen LogP contribution in [0.4, 0.5) is 5.00 Å². The van der Waals surface area contributed by atoms with E-state index in [1.807, 2.05) is 36.4 Å². The topological polar surface area (TPSA) is 91.0 Å². The van der Waals surface area contributed by atoms with E-state index in [9.17, 15) is 14.9 Å². The van der Waals surface area contributed by atoms with Gasteiger partial charge in [-0.15, -0.1) is 22.7 Å². The highest BCUT2D eigenvalue weighted by Gasteiger charge is 2.27. The van der Waals surface area contributed by atoms with Crippen molar-refractivity contribution in [2.45, 2.75) is 43.9 Å². The first-order chi connectivity index (χ1) is 20.6. The molecule has 4 heterocycles. The SMILES string of the molecule is N#Cc1c(NC(=O)CSc2nc3sc4c(c3c(=O)n2-c2ccccc2)CCN(Cc2ccccc2)C4)sc2c1CCC2. The van der Waals surface area contributed by atoms with E-state index in [2.05, 4.69) is 40.6 Å². The number of nitrogens with one attached hydrogen (secondary N) is 1. The van der Waals surface area contributed by atoms with Crippen molar-refractivity contribution in [2.75, 3.05) is 17.6 Å². The molecule has 0 unspecified atom stereocenters. The summed E-state index contributed by atoms with van der Waals surface area (Å²) in [5, 5.41) is 14.5. The van der Waals surface area contributed by atoms with Gasteiger partial charge in [0, 0.05) is 29.4 Å². The van der Waals surface area contributed by atoms with E-state index in [4.69, 9.17) is 4.98 Å². The molecule has 42 heavy (non-hydrogen) atoms. The third-order valence-corrected chi connectivity index (χ3v) is 11.1. The summed E-state index contributed by atoms with van der Waals surface area (Å²) in [7, 11) is 0. The van der Waals surface area contributed by atoms with Crippen LogP contribution in [0, 0.1) is 11.3 Å². The van der Waals surface area contributed by atoms with Gasteiger partial charge in [-0.2, -0.15) is 5.26 Å². The number of para-hydroxylation sites is 1. The van der Waals surface area contributed by atoms with Crippen molar-refractivity contribution in [1.29, 1.82) is 5.26 Å². The number of rotatable bonds is 7.